The molecule has 1 atom stereocenters. The summed E-state index contributed by atoms with van der Waals surface area (Å²) in [6.45, 7) is 5.40. The third kappa shape index (κ3) is 4.97. The largest absolute Gasteiger partial charge is 0.455 e. The van der Waals surface area contributed by atoms with Crippen molar-refractivity contribution in [3.05, 3.63) is 11.9 Å². The molecular formula is C10H15FIN3O2. The number of esters is 1. The average Bonchev–Trinajstić information content (AvgIpc) is 2.63. The van der Waals surface area contributed by atoms with Crippen LogP contribution in [0.3, 0.4) is 0 Å². The van der Waals surface area contributed by atoms with E-state index in [1.807, 2.05) is 22.6 Å². The van der Waals surface area contributed by atoms with E-state index in [2.05, 4.69) is 10.3 Å². The fourth-order valence-electron chi connectivity index (χ4n) is 1.06. The molecule has 0 bridgehead atoms. The summed E-state index contributed by atoms with van der Waals surface area (Å²) in [5, 5.41) is 7.33. The van der Waals surface area contributed by atoms with Crippen molar-refractivity contribution < 1.29 is 13.9 Å². The van der Waals surface area contributed by atoms with Gasteiger partial charge in [0.25, 0.3) is 0 Å². The zero-order chi connectivity index (χ0) is 13.1. The third-order valence-electron chi connectivity index (χ3n) is 1.70. The zero-order valence-corrected chi connectivity index (χ0v) is 12.1. The van der Waals surface area contributed by atoms with Gasteiger partial charge in [0.1, 0.15) is 11.8 Å². The molecule has 0 aliphatic rings. The highest BCUT2D eigenvalue weighted by molar-refractivity contribution is 14.1. The van der Waals surface area contributed by atoms with E-state index in [9.17, 15) is 9.18 Å². The van der Waals surface area contributed by atoms with Crippen LogP contribution in [-0.2, 0) is 11.3 Å². The second-order valence-corrected chi connectivity index (χ2v) is 5.46. The van der Waals surface area contributed by atoms with Crippen LogP contribution in [-0.4, -0.2) is 37.2 Å². The van der Waals surface area contributed by atoms with Crippen LogP contribution in [0, 0.1) is 0 Å². The lowest BCUT2D eigenvalue weighted by Crippen LogP contribution is -2.24. The Balaban J connectivity index is 2.65. The first kappa shape index (κ1) is 14.3. The maximum Gasteiger partial charge on any atom is 0.361 e. The molecular weight excluding hydrogens is 340 g/mol. The van der Waals surface area contributed by atoms with Crippen LogP contribution in [0.2, 0.25) is 0 Å². The quantitative estimate of drug-likeness (QED) is 0.471. The second-order valence-electron chi connectivity index (χ2n) is 4.58. The molecule has 0 fully saturated rings. The molecule has 0 amide bonds. The first-order chi connectivity index (χ1) is 7.81. The van der Waals surface area contributed by atoms with Gasteiger partial charge in [-0.15, -0.1) is 5.10 Å². The standard InChI is InChI=1S/C10H15FIN3O2/c1-10(2,3)17-9(16)8-6-15(14-13-8)5-7(11)4-12/h6-7H,4-5H2,1-3H3/t7-/m1/s1. The van der Waals surface area contributed by atoms with E-state index >= 15 is 0 Å². The molecule has 0 aromatic carbocycles. The molecule has 0 N–H and O–H groups in total. The predicted octanol–water partition coefficient (Wildman–Crippen LogP) is 2.01. The SMILES string of the molecule is CC(C)(C)OC(=O)c1cn(C[C@H](F)CI)nn1. The van der Waals surface area contributed by atoms with Gasteiger partial charge in [-0.3, -0.25) is 0 Å². The van der Waals surface area contributed by atoms with E-state index in [-0.39, 0.29) is 12.2 Å². The van der Waals surface area contributed by atoms with Crippen LogP contribution < -0.4 is 0 Å². The molecule has 0 aliphatic heterocycles. The Morgan fingerprint density at radius 1 is 1.65 bits per heavy atom. The molecule has 0 saturated heterocycles. The molecule has 1 rings (SSSR count). The normalized spacial score (nSPS) is 13.5. The summed E-state index contributed by atoms with van der Waals surface area (Å²) in [4.78, 5) is 11.6. The molecule has 0 saturated carbocycles. The Labute approximate surface area is 113 Å². The number of nitrogens with zero attached hydrogens (tertiary/aromatic N) is 3. The molecule has 0 spiro atoms. The minimum absolute atomic E-state index is 0.0960. The Kier molecular flexibility index (Phi) is 4.84. The molecule has 7 heteroatoms. The summed E-state index contributed by atoms with van der Waals surface area (Å²) in [7, 11) is 0. The molecule has 0 radical (unpaired) electrons. The van der Waals surface area contributed by atoms with Crippen LogP contribution in [0.1, 0.15) is 31.3 Å². The summed E-state index contributed by atoms with van der Waals surface area (Å²) in [5.41, 5.74) is -0.480. The number of carbonyl (C=O) groups excluding carboxylic acids is 1. The molecule has 1 aromatic heterocycles. The van der Waals surface area contributed by atoms with Gasteiger partial charge in [-0.2, -0.15) is 0 Å². The topological polar surface area (TPSA) is 57.0 Å². The minimum Gasteiger partial charge on any atom is -0.455 e. The van der Waals surface area contributed by atoms with Gasteiger partial charge in [0.05, 0.1) is 12.7 Å². The van der Waals surface area contributed by atoms with Gasteiger partial charge in [0, 0.05) is 4.43 Å². The van der Waals surface area contributed by atoms with Crippen LogP contribution >= 0.6 is 22.6 Å². The summed E-state index contributed by atoms with van der Waals surface area (Å²) in [6, 6.07) is 0. The summed E-state index contributed by atoms with van der Waals surface area (Å²) >= 11 is 1.95. The first-order valence-corrected chi connectivity index (χ1v) is 6.68. The lowest BCUT2D eigenvalue weighted by atomic mass is 10.2. The Morgan fingerprint density at radius 2 is 2.29 bits per heavy atom. The minimum atomic E-state index is -0.996. The van der Waals surface area contributed by atoms with E-state index in [0.29, 0.717) is 4.43 Å². The predicted molar refractivity (Wildman–Crippen MR) is 69.0 cm³/mol. The average molecular weight is 355 g/mol. The molecule has 96 valence electrons. The molecule has 0 aliphatic carbocycles. The number of hydrogen-bond acceptors (Lipinski definition) is 4. The fraction of sp³-hybridized carbons (Fsp3) is 0.700. The summed E-state index contributed by atoms with van der Waals surface area (Å²) < 4.78 is 19.9. The van der Waals surface area contributed by atoms with Gasteiger partial charge in [-0.25, -0.2) is 13.9 Å². The van der Waals surface area contributed by atoms with Crippen molar-refractivity contribution in [3.8, 4) is 0 Å². The Hall–Kier alpha value is -0.730. The Morgan fingerprint density at radius 3 is 2.82 bits per heavy atom. The maximum absolute atomic E-state index is 13.1. The second kappa shape index (κ2) is 5.74. The summed E-state index contributed by atoms with van der Waals surface area (Å²) in [6.07, 6.45) is 0.399. The van der Waals surface area contributed by atoms with Crippen molar-refractivity contribution >= 4 is 28.6 Å². The van der Waals surface area contributed by atoms with Gasteiger partial charge >= 0.3 is 5.97 Å². The lowest BCUT2D eigenvalue weighted by Gasteiger charge is -2.18. The zero-order valence-electron chi connectivity index (χ0n) is 9.98. The van der Waals surface area contributed by atoms with Crippen molar-refractivity contribution in [2.24, 2.45) is 0 Å². The number of rotatable bonds is 4. The van der Waals surface area contributed by atoms with Gasteiger partial charge in [0.15, 0.2) is 5.69 Å². The molecule has 1 heterocycles. The fourth-order valence-corrected chi connectivity index (χ4v) is 1.34. The summed E-state index contributed by atoms with van der Waals surface area (Å²) in [5.74, 6) is -0.548. The van der Waals surface area contributed by atoms with Gasteiger partial charge in [-0.1, -0.05) is 27.8 Å². The van der Waals surface area contributed by atoms with Crippen LogP contribution in [0.5, 0.6) is 0 Å². The van der Waals surface area contributed by atoms with Gasteiger partial charge < -0.3 is 4.74 Å². The van der Waals surface area contributed by atoms with Crippen LogP contribution in [0.15, 0.2) is 6.20 Å². The van der Waals surface area contributed by atoms with E-state index in [4.69, 9.17) is 4.74 Å². The molecule has 17 heavy (non-hydrogen) atoms. The van der Waals surface area contributed by atoms with Crippen molar-refractivity contribution in [2.75, 3.05) is 4.43 Å². The number of carbonyl (C=O) groups is 1. The highest BCUT2D eigenvalue weighted by Crippen LogP contribution is 2.10. The van der Waals surface area contributed by atoms with E-state index < -0.39 is 17.7 Å². The number of hydrogen-bond donors (Lipinski definition) is 0. The third-order valence-corrected chi connectivity index (χ3v) is 2.65. The maximum atomic E-state index is 13.1. The van der Waals surface area contributed by atoms with Gasteiger partial charge in [0.2, 0.25) is 0 Å². The molecule has 1 aromatic rings. The monoisotopic (exact) mass is 355 g/mol. The molecule has 5 nitrogen and oxygen atoms in total. The molecule has 0 unspecified atom stereocenters. The highest BCUT2D eigenvalue weighted by Gasteiger charge is 2.20. The van der Waals surface area contributed by atoms with E-state index in [1.54, 1.807) is 20.8 Å². The van der Waals surface area contributed by atoms with Crippen molar-refractivity contribution in [1.82, 2.24) is 15.0 Å². The number of ether oxygens (including phenoxy) is 1. The highest BCUT2D eigenvalue weighted by atomic mass is 127. The smallest absolute Gasteiger partial charge is 0.361 e. The van der Waals surface area contributed by atoms with Gasteiger partial charge in [-0.05, 0) is 20.8 Å². The van der Waals surface area contributed by atoms with Crippen molar-refractivity contribution in [3.63, 3.8) is 0 Å². The van der Waals surface area contributed by atoms with Crippen LogP contribution in [0.4, 0.5) is 4.39 Å². The Bertz CT molecular complexity index is 389. The first-order valence-electron chi connectivity index (χ1n) is 5.15. The van der Waals surface area contributed by atoms with E-state index in [1.165, 1.54) is 10.9 Å². The van der Waals surface area contributed by atoms with Crippen molar-refractivity contribution in [2.45, 2.75) is 39.1 Å². The number of aromatic nitrogens is 3. The number of alkyl halides is 2. The van der Waals surface area contributed by atoms with Crippen LogP contribution in [0.25, 0.3) is 0 Å². The number of halogens is 2. The van der Waals surface area contributed by atoms with E-state index in [0.717, 1.165) is 0 Å². The lowest BCUT2D eigenvalue weighted by molar-refractivity contribution is 0.00626. The van der Waals surface area contributed by atoms with Crippen molar-refractivity contribution in [1.29, 1.82) is 0 Å².